The van der Waals surface area contributed by atoms with E-state index in [1.807, 2.05) is 31.2 Å². The molecule has 1 aromatic carbocycles. The van der Waals surface area contributed by atoms with Gasteiger partial charge in [0.2, 0.25) is 0 Å². The van der Waals surface area contributed by atoms with Crippen LogP contribution in [-0.4, -0.2) is 25.3 Å². The fourth-order valence-electron chi connectivity index (χ4n) is 2.06. The minimum atomic E-state index is 0.168. The van der Waals surface area contributed by atoms with Crippen LogP contribution in [-0.2, 0) is 0 Å². The van der Waals surface area contributed by atoms with Gasteiger partial charge in [-0.15, -0.1) is 0 Å². The maximum atomic E-state index is 5.98. The average molecular weight is 265 g/mol. The van der Waals surface area contributed by atoms with Crippen LogP contribution in [0.15, 0.2) is 24.3 Å². The first-order valence-electron chi connectivity index (χ1n) is 7.29. The predicted octanol–water partition coefficient (Wildman–Crippen LogP) is 3.63. The average Bonchev–Trinajstić information content (AvgIpc) is 2.39. The smallest absolute Gasteiger partial charge is 0.161 e. The second-order valence-electron chi connectivity index (χ2n) is 4.90. The predicted molar refractivity (Wildman–Crippen MR) is 80.1 cm³/mol. The fraction of sp³-hybridized carbons (Fsp3) is 0.625. The topological polar surface area (TPSA) is 30.5 Å². The van der Waals surface area contributed by atoms with E-state index in [4.69, 9.17) is 9.47 Å². The van der Waals surface area contributed by atoms with Gasteiger partial charge in [-0.1, -0.05) is 19.1 Å². The van der Waals surface area contributed by atoms with E-state index in [0.717, 1.165) is 30.9 Å². The number of hydrogen-bond acceptors (Lipinski definition) is 3. The highest BCUT2D eigenvalue weighted by Crippen LogP contribution is 2.27. The minimum absolute atomic E-state index is 0.168. The van der Waals surface area contributed by atoms with Crippen molar-refractivity contribution in [2.24, 2.45) is 0 Å². The zero-order valence-electron chi connectivity index (χ0n) is 12.6. The van der Waals surface area contributed by atoms with Crippen molar-refractivity contribution < 1.29 is 9.47 Å². The Morgan fingerprint density at radius 1 is 1.11 bits per heavy atom. The summed E-state index contributed by atoms with van der Waals surface area (Å²) < 4.78 is 11.6. The Morgan fingerprint density at radius 3 is 2.42 bits per heavy atom. The van der Waals surface area contributed by atoms with Gasteiger partial charge < -0.3 is 14.8 Å². The summed E-state index contributed by atoms with van der Waals surface area (Å²) in [4.78, 5) is 0. The van der Waals surface area contributed by atoms with Crippen LogP contribution in [0.5, 0.6) is 11.5 Å². The summed E-state index contributed by atoms with van der Waals surface area (Å²) >= 11 is 0. The number of nitrogens with one attached hydrogen (secondary N) is 1. The van der Waals surface area contributed by atoms with Crippen LogP contribution >= 0.6 is 0 Å². The molecule has 0 bridgehead atoms. The highest BCUT2D eigenvalue weighted by atomic mass is 16.5. The van der Waals surface area contributed by atoms with Gasteiger partial charge >= 0.3 is 0 Å². The van der Waals surface area contributed by atoms with Gasteiger partial charge in [-0.3, -0.25) is 0 Å². The normalized spacial score (nSPS) is 13.9. The Hall–Kier alpha value is -1.22. The van der Waals surface area contributed by atoms with Gasteiger partial charge in [0.1, 0.15) is 0 Å². The van der Waals surface area contributed by atoms with Gasteiger partial charge in [-0.2, -0.15) is 0 Å². The van der Waals surface area contributed by atoms with Crippen LogP contribution < -0.4 is 14.8 Å². The van der Waals surface area contributed by atoms with E-state index >= 15 is 0 Å². The van der Waals surface area contributed by atoms with Crippen molar-refractivity contribution in [1.82, 2.24) is 5.32 Å². The van der Waals surface area contributed by atoms with E-state index in [1.54, 1.807) is 0 Å². The molecule has 0 saturated heterocycles. The lowest BCUT2D eigenvalue weighted by atomic mass is 10.1. The molecule has 0 saturated carbocycles. The molecule has 0 aliphatic carbocycles. The van der Waals surface area contributed by atoms with Gasteiger partial charge in [0.25, 0.3) is 0 Å². The van der Waals surface area contributed by atoms with Crippen molar-refractivity contribution in [2.75, 3.05) is 13.2 Å². The number of benzene rings is 1. The van der Waals surface area contributed by atoms with Crippen molar-refractivity contribution in [3.63, 3.8) is 0 Å². The van der Waals surface area contributed by atoms with E-state index in [2.05, 4.69) is 26.1 Å². The van der Waals surface area contributed by atoms with Crippen molar-refractivity contribution in [3.8, 4) is 11.5 Å². The quantitative estimate of drug-likeness (QED) is 0.739. The van der Waals surface area contributed by atoms with E-state index in [0.29, 0.717) is 12.6 Å². The van der Waals surface area contributed by atoms with Crippen molar-refractivity contribution in [2.45, 2.75) is 52.7 Å². The molecule has 0 fully saturated rings. The highest BCUT2D eigenvalue weighted by molar-refractivity contribution is 5.39. The number of rotatable bonds is 9. The third-order valence-electron chi connectivity index (χ3n) is 2.91. The first kappa shape index (κ1) is 15.8. The van der Waals surface area contributed by atoms with Gasteiger partial charge in [0.15, 0.2) is 11.5 Å². The van der Waals surface area contributed by atoms with Gasteiger partial charge in [0.05, 0.1) is 12.7 Å². The minimum Gasteiger partial charge on any atom is -0.490 e. The molecule has 0 heterocycles. The highest BCUT2D eigenvalue weighted by Gasteiger charge is 2.12. The molecular formula is C16H27NO2. The first-order valence-corrected chi connectivity index (χ1v) is 7.29. The van der Waals surface area contributed by atoms with E-state index in [1.165, 1.54) is 0 Å². The summed E-state index contributed by atoms with van der Waals surface area (Å²) in [6.45, 7) is 10.2. The maximum absolute atomic E-state index is 5.98. The van der Waals surface area contributed by atoms with Crippen LogP contribution in [0.2, 0.25) is 0 Å². The van der Waals surface area contributed by atoms with Gasteiger partial charge in [-0.25, -0.2) is 0 Å². The molecule has 0 radical (unpaired) electrons. The van der Waals surface area contributed by atoms with Gasteiger partial charge in [0, 0.05) is 6.04 Å². The summed E-state index contributed by atoms with van der Waals surface area (Å²) in [5.74, 6) is 1.66. The van der Waals surface area contributed by atoms with E-state index in [9.17, 15) is 0 Å². The van der Waals surface area contributed by atoms with Crippen molar-refractivity contribution in [3.05, 3.63) is 24.3 Å². The molecule has 1 rings (SSSR count). The third-order valence-corrected chi connectivity index (χ3v) is 2.91. The van der Waals surface area contributed by atoms with Crippen LogP contribution in [0.3, 0.4) is 0 Å². The number of ether oxygens (including phenoxy) is 2. The zero-order valence-corrected chi connectivity index (χ0v) is 12.6. The van der Waals surface area contributed by atoms with E-state index < -0.39 is 0 Å². The lowest BCUT2D eigenvalue weighted by molar-refractivity contribution is 0.185. The number of para-hydroxylation sites is 2. The summed E-state index contributed by atoms with van der Waals surface area (Å²) in [5.41, 5.74) is 0. The van der Waals surface area contributed by atoms with Gasteiger partial charge in [-0.05, 0) is 52.3 Å². The molecule has 19 heavy (non-hydrogen) atoms. The Labute approximate surface area is 117 Å². The van der Waals surface area contributed by atoms with Crippen molar-refractivity contribution >= 4 is 0 Å². The largest absolute Gasteiger partial charge is 0.490 e. The van der Waals surface area contributed by atoms with Crippen molar-refractivity contribution in [1.29, 1.82) is 0 Å². The van der Waals surface area contributed by atoms with Crippen LogP contribution in [0, 0.1) is 0 Å². The molecule has 0 aliphatic heterocycles. The molecule has 3 nitrogen and oxygen atoms in total. The summed E-state index contributed by atoms with van der Waals surface area (Å²) in [6, 6.07) is 8.32. The fourth-order valence-corrected chi connectivity index (χ4v) is 2.06. The third kappa shape index (κ3) is 5.97. The zero-order chi connectivity index (χ0) is 14.1. The molecule has 1 aromatic rings. The Morgan fingerprint density at radius 2 is 1.79 bits per heavy atom. The first-order chi connectivity index (χ1) is 9.17. The molecule has 0 aromatic heterocycles. The molecule has 2 atom stereocenters. The van der Waals surface area contributed by atoms with E-state index in [-0.39, 0.29) is 6.10 Å². The molecule has 0 aliphatic rings. The second-order valence-corrected chi connectivity index (χ2v) is 4.90. The molecule has 3 heteroatoms. The lowest BCUT2D eigenvalue weighted by Gasteiger charge is -2.21. The molecule has 1 N–H and O–H groups in total. The summed E-state index contributed by atoms with van der Waals surface area (Å²) in [6.07, 6.45) is 2.31. The SMILES string of the molecule is CCCNC(C)CC(C)Oc1ccccc1OCC. The van der Waals surface area contributed by atoms with Crippen LogP contribution in [0.1, 0.15) is 40.5 Å². The standard InChI is InChI=1S/C16H27NO2/c1-5-11-17-13(3)12-14(4)19-16-10-8-7-9-15(16)18-6-2/h7-10,13-14,17H,5-6,11-12H2,1-4H3. The molecule has 0 spiro atoms. The second kappa shape index (κ2) is 8.81. The number of hydrogen-bond donors (Lipinski definition) is 1. The van der Waals surface area contributed by atoms with Crippen LogP contribution in [0.4, 0.5) is 0 Å². The molecule has 108 valence electrons. The lowest BCUT2D eigenvalue weighted by Crippen LogP contribution is -2.31. The maximum Gasteiger partial charge on any atom is 0.161 e. The summed E-state index contributed by atoms with van der Waals surface area (Å²) in [5, 5.41) is 3.48. The van der Waals surface area contributed by atoms with Crippen LogP contribution in [0.25, 0.3) is 0 Å². The summed E-state index contributed by atoms with van der Waals surface area (Å²) in [7, 11) is 0. The molecular weight excluding hydrogens is 238 g/mol. The molecule has 2 unspecified atom stereocenters. The Bertz CT molecular complexity index is 354. The monoisotopic (exact) mass is 265 g/mol. The molecule has 0 amide bonds. The Kier molecular flexibility index (Phi) is 7.34. The Balaban J connectivity index is 2.49.